The molecule has 3 N–H and O–H groups in total. The number of aromatic amines is 1. The number of carbonyl (C=O) groups excluding carboxylic acids is 1. The van der Waals surface area contributed by atoms with E-state index >= 15 is 0 Å². The first kappa shape index (κ1) is 21.9. The van der Waals surface area contributed by atoms with Crippen molar-refractivity contribution in [1.82, 2.24) is 9.55 Å². The molecule has 0 fully saturated rings. The van der Waals surface area contributed by atoms with Gasteiger partial charge in [-0.25, -0.2) is 13.6 Å². The number of H-pyrrole nitrogens is 1. The number of nitrogens with zero attached hydrogens (tertiary/aromatic N) is 2. The molecule has 0 spiro atoms. The van der Waals surface area contributed by atoms with Crippen molar-refractivity contribution in [3.05, 3.63) is 92.1 Å². The summed E-state index contributed by atoms with van der Waals surface area (Å²) in [5.41, 5.74) is 4.63. The van der Waals surface area contributed by atoms with E-state index in [4.69, 9.17) is 10.5 Å². The number of benzene rings is 2. The average Bonchev–Trinajstić information content (AvgIpc) is 2.75. The van der Waals surface area contributed by atoms with E-state index in [1.54, 1.807) is 30.3 Å². The second-order valence-electron chi connectivity index (χ2n) is 6.64. The lowest BCUT2D eigenvalue weighted by molar-refractivity contribution is 0.0984. The maximum absolute atomic E-state index is 13.7. The Bertz CT molecular complexity index is 1210. The maximum Gasteiger partial charge on any atom is 0.330 e. The molecule has 0 atom stereocenters. The zero-order chi connectivity index (χ0) is 22.5. The molecule has 0 aliphatic rings. The molecule has 2 aromatic carbocycles. The molecule has 31 heavy (non-hydrogen) atoms. The molecule has 10 heteroatoms. The first-order valence-electron chi connectivity index (χ1n) is 9.26. The minimum atomic E-state index is -1.21. The summed E-state index contributed by atoms with van der Waals surface area (Å²) < 4.78 is 33.1. The van der Waals surface area contributed by atoms with E-state index in [-0.39, 0.29) is 36.8 Å². The number of amides is 1. The van der Waals surface area contributed by atoms with Crippen LogP contribution in [-0.2, 0) is 17.8 Å². The minimum Gasteiger partial charge on any atom is -0.383 e. The number of methoxy groups -OCH3 is 1. The topological polar surface area (TPSA) is 110 Å². The molecule has 1 amide bonds. The van der Waals surface area contributed by atoms with Crippen LogP contribution >= 0.6 is 0 Å². The third-order valence-electron chi connectivity index (χ3n) is 4.60. The molecule has 8 nitrogen and oxygen atoms in total. The Labute approximate surface area is 175 Å². The molecule has 0 saturated heterocycles. The van der Waals surface area contributed by atoms with Crippen LogP contribution < -0.4 is 21.9 Å². The van der Waals surface area contributed by atoms with Crippen LogP contribution in [0.2, 0.25) is 0 Å². The summed E-state index contributed by atoms with van der Waals surface area (Å²) in [6.45, 7) is 0.0588. The van der Waals surface area contributed by atoms with Crippen molar-refractivity contribution in [2.75, 3.05) is 24.4 Å². The van der Waals surface area contributed by atoms with Gasteiger partial charge in [0, 0.05) is 12.7 Å². The largest absolute Gasteiger partial charge is 0.383 e. The van der Waals surface area contributed by atoms with Gasteiger partial charge in [0.05, 0.1) is 19.7 Å². The predicted molar refractivity (Wildman–Crippen MR) is 111 cm³/mol. The van der Waals surface area contributed by atoms with E-state index in [9.17, 15) is 23.2 Å². The molecular weight excluding hydrogens is 410 g/mol. The number of carbonyl (C=O) groups is 1. The van der Waals surface area contributed by atoms with Crippen molar-refractivity contribution >= 4 is 17.4 Å². The van der Waals surface area contributed by atoms with Crippen molar-refractivity contribution in [1.29, 1.82) is 0 Å². The number of anilines is 2. The summed E-state index contributed by atoms with van der Waals surface area (Å²) in [7, 11) is 1.43. The summed E-state index contributed by atoms with van der Waals surface area (Å²) >= 11 is 0. The number of ether oxygens (including phenoxy) is 1. The van der Waals surface area contributed by atoms with Crippen LogP contribution in [0.15, 0.2) is 58.1 Å². The van der Waals surface area contributed by atoms with Crippen molar-refractivity contribution in [2.45, 2.75) is 13.1 Å². The van der Waals surface area contributed by atoms with E-state index in [1.165, 1.54) is 7.11 Å². The van der Waals surface area contributed by atoms with E-state index in [2.05, 4.69) is 4.98 Å². The molecular formula is C21H20F2N4O4. The minimum absolute atomic E-state index is 0.0312. The molecule has 0 aliphatic heterocycles. The highest BCUT2D eigenvalue weighted by Gasteiger charge is 2.26. The molecule has 0 radical (unpaired) electrons. The fourth-order valence-corrected chi connectivity index (χ4v) is 3.05. The van der Waals surface area contributed by atoms with Crippen molar-refractivity contribution < 1.29 is 18.3 Å². The second-order valence-corrected chi connectivity index (χ2v) is 6.64. The average molecular weight is 430 g/mol. The summed E-state index contributed by atoms with van der Waals surface area (Å²) in [6.07, 6.45) is 0. The van der Waals surface area contributed by atoms with E-state index in [0.717, 1.165) is 27.7 Å². The molecule has 162 valence electrons. The van der Waals surface area contributed by atoms with Gasteiger partial charge in [-0.2, -0.15) is 0 Å². The van der Waals surface area contributed by atoms with Gasteiger partial charge < -0.3 is 10.5 Å². The normalized spacial score (nSPS) is 10.8. The van der Waals surface area contributed by atoms with Crippen LogP contribution in [0.5, 0.6) is 0 Å². The van der Waals surface area contributed by atoms with E-state index in [0.29, 0.717) is 5.56 Å². The van der Waals surface area contributed by atoms with Crippen LogP contribution in [0, 0.1) is 11.6 Å². The van der Waals surface area contributed by atoms with Crippen LogP contribution in [0.3, 0.4) is 0 Å². The van der Waals surface area contributed by atoms with Crippen LogP contribution in [0.25, 0.3) is 0 Å². The number of hydrogen-bond donors (Lipinski definition) is 2. The molecule has 0 bridgehead atoms. The van der Waals surface area contributed by atoms with Gasteiger partial charge in [0.1, 0.15) is 5.82 Å². The molecule has 3 rings (SSSR count). The van der Waals surface area contributed by atoms with Crippen LogP contribution in [0.4, 0.5) is 20.3 Å². The Morgan fingerprint density at radius 1 is 1.13 bits per heavy atom. The molecule has 1 heterocycles. The standard InChI is InChI=1S/C21H20F2N4O4/c1-31-10-9-26-18(24)17(19(28)25-21(26)30)27(12-13-5-3-2-4-6-13)20(29)14-7-8-15(22)16(23)11-14/h2-8,11H,9-10,12,24H2,1H3,(H,25,28,30). The first-order chi connectivity index (χ1) is 14.8. The van der Waals surface area contributed by atoms with Gasteiger partial charge >= 0.3 is 5.69 Å². The Hall–Kier alpha value is -3.79. The molecule has 0 aliphatic carbocycles. The van der Waals surface area contributed by atoms with Crippen molar-refractivity contribution in [3.63, 3.8) is 0 Å². The maximum atomic E-state index is 13.7. The van der Waals surface area contributed by atoms with E-state index < -0.39 is 28.8 Å². The lowest BCUT2D eigenvalue weighted by Crippen LogP contribution is -2.41. The van der Waals surface area contributed by atoms with Gasteiger partial charge in [-0.05, 0) is 23.8 Å². The number of aromatic nitrogens is 2. The second kappa shape index (κ2) is 9.35. The quantitative estimate of drug-likeness (QED) is 0.595. The Kier molecular flexibility index (Phi) is 6.61. The van der Waals surface area contributed by atoms with Gasteiger partial charge in [-0.3, -0.25) is 24.0 Å². The molecule has 0 unspecified atom stereocenters. The first-order valence-corrected chi connectivity index (χ1v) is 9.26. The molecule has 3 aromatic rings. The van der Waals surface area contributed by atoms with Gasteiger partial charge in [0.25, 0.3) is 11.5 Å². The lowest BCUT2D eigenvalue weighted by Gasteiger charge is -2.25. The highest BCUT2D eigenvalue weighted by Crippen LogP contribution is 2.23. The van der Waals surface area contributed by atoms with E-state index in [1.807, 2.05) is 0 Å². The van der Waals surface area contributed by atoms with Crippen molar-refractivity contribution in [2.24, 2.45) is 0 Å². The third-order valence-corrected chi connectivity index (χ3v) is 4.60. The SMILES string of the molecule is COCCn1c(N)c(N(Cc2ccccc2)C(=O)c2ccc(F)c(F)c2)c(=O)[nH]c1=O. The third kappa shape index (κ3) is 4.69. The summed E-state index contributed by atoms with van der Waals surface area (Å²) in [6, 6.07) is 11.3. The Morgan fingerprint density at radius 2 is 1.84 bits per heavy atom. The highest BCUT2D eigenvalue weighted by atomic mass is 19.2. The van der Waals surface area contributed by atoms with Gasteiger partial charge in [0.2, 0.25) is 0 Å². The van der Waals surface area contributed by atoms with Gasteiger partial charge in [-0.15, -0.1) is 0 Å². The number of rotatable bonds is 7. The molecule has 1 aromatic heterocycles. The van der Waals surface area contributed by atoms with Crippen molar-refractivity contribution in [3.8, 4) is 0 Å². The fourth-order valence-electron chi connectivity index (χ4n) is 3.05. The monoisotopic (exact) mass is 430 g/mol. The molecule has 0 saturated carbocycles. The summed E-state index contributed by atoms with van der Waals surface area (Å²) in [5.74, 6) is -3.37. The smallest absolute Gasteiger partial charge is 0.330 e. The predicted octanol–water partition coefficient (Wildman–Crippen LogP) is 1.89. The zero-order valence-electron chi connectivity index (χ0n) is 16.6. The Morgan fingerprint density at radius 3 is 2.48 bits per heavy atom. The number of nitrogen functional groups attached to an aromatic ring is 1. The highest BCUT2D eigenvalue weighted by molar-refractivity contribution is 6.07. The summed E-state index contributed by atoms with van der Waals surface area (Å²) in [4.78, 5) is 41.3. The number of nitrogens with one attached hydrogen (secondary N) is 1. The summed E-state index contributed by atoms with van der Waals surface area (Å²) in [5, 5.41) is 0. The Balaban J connectivity index is 2.16. The fraction of sp³-hybridized carbons (Fsp3) is 0.190. The zero-order valence-corrected chi connectivity index (χ0v) is 16.6. The number of hydrogen-bond acceptors (Lipinski definition) is 5. The van der Waals surface area contributed by atoms with Gasteiger partial charge in [0.15, 0.2) is 17.3 Å². The number of halogens is 2. The number of nitrogens with two attached hydrogens (primary N) is 1. The lowest BCUT2D eigenvalue weighted by atomic mass is 10.1. The van der Waals surface area contributed by atoms with Crippen LogP contribution in [0.1, 0.15) is 15.9 Å². The van der Waals surface area contributed by atoms with Gasteiger partial charge in [-0.1, -0.05) is 30.3 Å². The van der Waals surface area contributed by atoms with Crippen LogP contribution in [-0.4, -0.2) is 29.2 Å².